The minimum atomic E-state index is -0.829. The molecule has 2 unspecified atom stereocenters. The van der Waals surface area contributed by atoms with Gasteiger partial charge < -0.3 is 14.8 Å². The fourth-order valence-electron chi connectivity index (χ4n) is 2.00. The van der Waals surface area contributed by atoms with Crippen LogP contribution in [0.25, 0.3) is 10.9 Å². The van der Waals surface area contributed by atoms with Gasteiger partial charge in [0, 0.05) is 22.3 Å². The fraction of sp³-hybridized carbons (Fsp3) is 0.250. The van der Waals surface area contributed by atoms with Crippen LogP contribution in [-0.4, -0.2) is 22.2 Å². The van der Waals surface area contributed by atoms with Crippen LogP contribution < -0.4 is 4.74 Å². The lowest BCUT2D eigenvalue weighted by molar-refractivity contribution is -0.139. The molecule has 2 N–H and O–H groups in total. The number of halogens is 3. The van der Waals surface area contributed by atoms with Crippen molar-refractivity contribution in [1.82, 2.24) is 4.98 Å². The molecule has 1 aromatic carbocycles. The molecule has 7 heteroatoms. The zero-order valence-corrected chi connectivity index (χ0v) is 13.1. The third-order valence-corrected chi connectivity index (χ3v) is 4.73. The molecule has 1 aliphatic carbocycles. The van der Waals surface area contributed by atoms with Gasteiger partial charge in [-0.1, -0.05) is 23.2 Å². The number of carbonyl (C=O) groups is 1. The highest BCUT2D eigenvalue weighted by Crippen LogP contribution is 2.43. The van der Waals surface area contributed by atoms with Crippen molar-refractivity contribution in [2.75, 3.05) is 0 Å². The van der Waals surface area contributed by atoms with Crippen LogP contribution in [0.3, 0.4) is 0 Å². The van der Waals surface area contributed by atoms with Gasteiger partial charge in [0.25, 0.3) is 0 Å². The Morgan fingerprint density at radius 1 is 1.53 bits per heavy atom. The Balaban J connectivity index is 2.02. The van der Waals surface area contributed by atoms with Crippen LogP contribution in [0, 0.1) is 9.49 Å². The van der Waals surface area contributed by atoms with Gasteiger partial charge in [-0.15, -0.1) is 0 Å². The lowest BCUT2D eigenvalue weighted by atomic mass is 10.2. The molecule has 1 aliphatic rings. The molecule has 1 saturated carbocycles. The highest BCUT2D eigenvalue weighted by molar-refractivity contribution is 14.1. The second kappa shape index (κ2) is 4.71. The summed E-state index contributed by atoms with van der Waals surface area (Å²) >= 11 is 14.3. The van der Waals surface area contributed by atoms with E-state index in [0.717, 1.165) is 8.96 Å². The van der Waals surface area contributed by atoms with Gasteiger partial charge in [-0.25, -0.2) is 0 Å². The average Bonchev–Trinajstić information content (AvgIpc) is 3.01. The van der Waals surface area contributed by atoms with Crippen molar-refractivity contribution >= 4 is 62.7 Å². The first-order chi connectivity index (χ1) is 8.99. The number of H-pyrrole nitrogens is 1. The minimum absolute atomic E-state index is 0.288. The monoisotopic (exact) mass is 411 g/mol. The largest absolute Gasteiger partial charge is 0.489 e. The van der Waals surface area contributed by atoms with Crippen molar-refractivity contribution in [2.24, 2.45) is 5.92 Å². The average molecular weight is 412 g/mol. The predicted molar refractivity (Wildman–Crippen MR) is 81.2 cm³/mol. The third kappa shape index (κ3) is 2.28. The van der Waals surface area contributed by atoms with Crippen molar-refractivity contribution in [3.8, 4) is 5.75 Å². The number of aromatic amines is 1. The molecule has 0 amide bonds. The molecular weight excluding hydrogens is 404 g/mol. The van der Waals surface area contributed by atoms with Crippen molar-refractivity contribution in [3.05, 3.63) is 25.9 Å². The van der Waals surface area contributed by atoms with E-state index in [0.29, 0.717) is 27.7 Å². The SMILES string of the molecule is O=C(O)C1CC1Oc1cc(Cl)c(Cl)c2[nH]cc(I)c12. The Bertz CT molecular complexity index is 685. The smallest absolute Gasteiger partial charge is 0.310 e. The molecule has 0 saturated heterocycles. The second-order valence-corrected chi connectivity index (χ2v) is 6.34. The molecule has 1 heterocycles. The molecule has 0 bridgehead atoms. The Morgan fingerprint density at radius 2 is 2.26 bits per heavy atom. The zero-order valence-electron chi connectivity index (χ0n) is 9.41. The minimum Gasteiger partial charge on any atom is -0.489 e. The van der Waals surface area contributed by atoms with Gasteiger partial charge in [0.2, 0.25) is 0 Å². The quantitative estimate of drug-likeness (QED) is 0.752. The summed E-state index contributed by atoms with van der Waals surface area (Å²) in [6, 6.07) is 1.64. The molecule has 0 radical (unpaired) electrons. The van der Waals surface area contributed by atoms with Gasteiger partial charge in [-0.2, -0.15) is 0 Å². The predicted octanol–water partition coefficient (Wildman–Crippen LogP) is 3.93. The third-order valence-electron chi connectivity index (χ3n) is 3.09. The van der Waals surface area contributed by atoms with Gasteiger partial charge in [0.05, 0.1) is 26.9 Å². The van der Waals surface area contributed by atoms with Gasteiger partial charge in [-0.05, 0) is 22.6 Å². The van der Waals surface area contributed by atoms with Gasteiger partial charge in [-0.3, -0.25) is 4.79 Å². The van der Waals surface area contributed by atoms with Crippen molar-refractivity contribution < 1.29 is 14.6 Å². The Morgan fingerprint density at radius 3 is 2.89 bits per heavy atom. The highest BCUT2D eigenvalue weighted by atomic mass is 127. The Labute approximate surface area is 132 Å². The maximum Gasteiger partial charge on any atom is 0.310 e. The summed E-state index contributed by atoms with van der Waals surface area (Å²) in [6.07, 6.45) is 2.04. The summed E-state index contributed by atoms with van der Waals surface area (Å²) < 4.78 is 6.69. The van der Waals surface area contributed by atoms with Gasteiger partial charge >= 0.3 is 5.97 Å². The number of ether oxygens (including phenoxy) is 1. The second-order valence-electron chi connectivity index (χ2n) is 4.39. The van der Waals surface area contributed by atoms with E-state index in [2.05, 4.69) is 27.6 Å². The van der Waals surface area contributed by atoms with E-state index in [-0.39, 0.29) is 6.10 Å². The van der Waals surface area contributed by atoms with E-state index < -0.39 is 11.9 Å². The molecule has 1 fully saturated rings. The van der Waals surface area contributed by atoms with Crippen LogP contribution in [0.1, 0.15) is 6.42 Å². The summed E-state index contributed by atoms with van der Waals surface area (Å²) in [5, 5.41) is 10.6. The maximum atomic E-state index is 10.8. The van der Waals surface area contributed by atoms with Crippen molar-refractivity contribution in [3.63, 3.8) is 0 Å². The summed E-state index contributed by atoms with van der Waals surface area (Å²) in [5.74, 6) is -0.685. The molecule has 2 atom stereocenters. The van der Waals surface area contributed by atoms with Gasteiger partial charge in [0.1, 0.15) is 11.9 Å². The van der Waals surface area contributed by atoms with E-state index in [4.69, 9.17) is 33.0 Å². The molecule has 2 aromatic rings. The standard InChI is InChI=1S/C12H8Cl2INO3/c13-5-2-8(19-7-1-4(7)12(17)18)9-6(15)3-16-11(9)10(5)14/h2-4,7,16H,1H2,(H,17,18). The van der Waals surface area contributed by atoms with Crippen LogP contribution in [0.2, 0.25) is 10.0 Å². The molecular formula is C12H8Cl2INO3. The molecule has 0 spiro atoms. The van der Waals surface area contributed by atoms with Gasteiger partial charge in [0.15, 0.2) is 0 Å². The lowest BCUT2D eigenvalue weighted by Crippen LogP contribution is -2.07. The number of rotatable bonds is 3. The molecule has 1 aromatic heterocycles. The summed E-state index contributed by atoms with van der Waals surface area (Å²) in [5.41, 5.74) is 0.709. The first kappa shape index (κ1) is 13.3. The zero-order chi connectivity index (χ0) is 13.7. The van der Waals surface area contributed by atoms with E-state index in [9.17, 15) is 4.79 Å². The van der Waals surface area contributed by atoms with Crippen LogP contribution in [0.15, 0.2) is 12.3 Å². The van der Waals surface area contributed by atoms with Crippen molar-refractivity contribution in [1.29, 1.82) is 0 Å². The number of fused-ring (bicyclic) bond motifs is 1. The van der Waals surface area contributed by atoms with Crippen LogP contribution in [0.4, 0.5) is 0 Å². The first-order valence-electron chi connectivity index (χ1n) is 5.53. The summed E-state index contributed by atoms with van der Waals surface area (Å²) in [6.45, 7) is 0. The molecule has 19 heavy (non-hydrogen) atoms. The Kier molecular flexibility index (Phi) is 3.31. The van der Waals surface area contributed by atoms with Crippen molar-refractivity contribution in [2.45, 2.75) is 12.5 Å². The maximum absolute atomic E-state index is 10.8. The number of carboxylic acid groups (broad SMARTS) is 1. The number of benzene rings is 1. The highest BCUT2D eigenvalue weighted by Gasteiger charge is 2.46. The van der Waals surface area contributed by atoms with E-state index in [1.165, 1.54) is 0 Å². The van der Waals surface area contributed by atoms with E-state index >= 15 is 0 Å². The summed E-state index contributed by atoms with van der Waals surface area (Å²) in [4.78, 5) is 13.9. The van der Waals surface area contributed by atoms with Crippen LogP contribution >= 0.6 is 45.8 Å². The molecule has 100 valence electrons. The number of hydrogen-bond donors (Lipinski definition) is 2. The number of nitrogens with one attached hydrogen (secondary N) is 1. The molecule has 0 aliphatic heterocycles. The summed E-state index contributed by atoms with van der Waals surface area (Å²) in [7, 11) is 0. The number of aliphatic carboxylic acids is 1. The van der Waals surface area contributed by atoms with Crippen LogP contribution in [0.5, 0.6) is 5.75 Å². The molecule has 3 rings (SSSR count). The fourth-order valence-corrected chi connectivity index (χ4v) is 3.09. The number of hydrogen-bond acceptors (Lipinski definition) is 2. The number of aromatic nitrogens is 1. The first-order valence-corrected chi connectivity index (χ1v) is 7.36. The topological polar surface area (TPSA) is 62.3 Å². The lowest BCUT2D eigenvalue weighted by Gasteiger charge is -2.09. The molecule has 4 nitrogen and oxygen atoms in total. The number of carboxylic acids is 1. The van der Waals surface area contributed by atoms with Crippen LogP contribution in [-0.2, 0) is 4.79 Å². The normalized spacial score (nSPS) is 21.6. The van der Waals surface area contributed by atoms with E-state index in [1.807, 2.05) is 6.20 Å². The Hall–Kier alpha value is -0.660. The van der Waals surface area contributed by atoms with E-state index in [1.54, 1.807) is 6.07 Å².